The number of carbonyl (C=O) groups excluding carboxylic acids is 3. The maximum Gasteiger partial charge on any atom is 0.321 e. The van der Waals surface area contributed by atoms with Crippen LogP contribution < -0.4 is 20.1 Å². The lowest BCUT2D eigenvalue weighted by Crippen LogP contribution is -2.50. The average molecular weight is 575 g/mol. The van der Waals surface area contributed by atoms with E-state index in [0.717, 1.165) is 5.56 Å². The molecule has 0 unspecified atom stereocenters. The molecular weight excluding hydrogens is 536 g/mol. The molecule has 0 saturated carbocycles. The van der Waals surface area contributed by atoms with Gasteiger partial charge in [-0.05, 0) is 48.9 Å². The molecule has 4 rings (SSSR count). The number of hydrogen-bond acceptors (Lipinski definition) is 6. The van der Waals surface area contributed by atoms with E-state index in [4.69, 9.17) is 9.47 Å². The van der Waals surface area contributed by atoms with E-state index < -0.39 is 12.1 Å². The minimum Gasteiger partial charge on any atom is -0.497 e. The highest BCUT2D eigenvalue weighted by molar-refractivity contribution is 6.02. The monoisotopic (exact) mass is 574 g/mol. The van der Waals surface area contributed by atoms with E-state index in [1.807, 2.05) is 37.3 Å². The molecule has 4 amide bonds. The van der Waals surface area contributed by atoms with Crippen LogP contribution in [-0.2, 0) is 11.2 Å². The van der Waals surface area contributed by atoms with Gasteiger partial charge in [-0.1, -0.05) is 43.3 Å². The second kappa shape index (κ2) is 13.9. The maximum atomic E-state index is 13.7. The number of likely N-dealkylation sites (N-methyl/N-ethyl adjacent to an activating group) is 1. The number of nitrogens with one attached hydrogen (secondary N) is 2. The molecule has 10 heteroatoms. The maximum absolute atomic E-state index is 13.7. The molecule has 3 N–H and O–H groups in total. The number of hydrogen-bond donors (Lipinski definition) is 3. The van der Waals surface area contributed by atoms with Crippen molar-refractivity contribution in [2.45, 2.75) is 32.4 Å². The number of urea groups is 1. The topological polar surface area (TPSA) is 120 Å². The van der Waals surface area contributed by atoms with Crippen molar-refractivity contribution in [2.75, 3.05) is 44.5 Å². The van der Waals surface area contributed by atoms with E-state index in [0.29, 0.717) is 23.7 Å². The number of ether oxygens (including phenoxy) is 2. The summed E-state index contributed by atoms with van der Waals surface area (Å²) >= 11 is 0. The van der Waals surface area contributed by atoms with Crippen LogP contribution in [0.5, 0.6) is 11.5 Å². The Labute approximate surface area is 246 Å². The third kappa shape index (κ3) is 7.38. The van der Waals surface area contributed by atoms with Gasteiger partial charge >= 0.3 is 6.03 Å². The standard InChI is InChI=1S/C32H38N4O6/c1-21-18-36(22(2)20-37)31(39)26-11-8-12-27(34-29(38)17-23-9-6-5-7-10-23)30(26)42-28(21)19-35(3)32(40)33-24-13-15-25(41-4)16-14-24/h5-16,21-22,28,37H,17-20H2,1-4H3,(H,33,40)(H,34,38)/t21-,22+,28+/m0/s1. The number of aliphatic hydroxyl groups excluding tert-OH is 1. The second-order valence-electron chi connectivity index (χ2n) is 10.6. The minimum atomic E-state index is -0.538. The fourth-order valence-corrected chi connectivity index (χ4v) is 4.78. The lowest BCUT2D eigenvalue weighted by atomic mass is 9.99. The lowest BCUT2D eigenvalue weighted by molar-refractivity contribution is -0.115. The van der Waals surface area contributed by atoms with Gasteiger partial charge in [0.25, 0.3) is 5.91 Å². The molecule has 3 aromatic carbocycles. The van der Waals surface area contributed by atoms with E-state index in [9.17, 15) is 19.5 Å². The van der Waals surface area contributed by atoms with Gasteiger partial charge in [0.2, 0.25) is 5.91 Å². The molecule has 0 fully saturated rings. The van der Waals surface area contributed by atoms with Crippen molar-refractivity contribution in [1.29, 1.82) is 0 Å². The van der Waals surface area contributed by atoms with Gasteiger partial charge in [0.15, 0.2) is 5.75 Å². The quantitative estimate of drug-likeness (QED) is 0.351. The summed E-state index contributed by atoms with van der Waals surface area (Å²) in [7, 11) is 3.24. The highest BCUT2D eigenvalue weighted by Crippen LogP contribution is 2.35. The number of fused-ring (bicyclic) bond motifs is 1. The number of aliphatic hydroxyl groups is 1. The van der Waals surface area contributed by atoms with Gasteiger partial charge in [0.1, 0.15) is 11.9 Å². The normalized spacial score (nSPS) is 17.2. The van der Waals surface area contributed by atoms with Crippen molar-refractivity contribution < 1.29 is 29.0 Å². The summed E-state index contributed by atoms with van der Waals surface area (Å²) in [6.07, 6.45) is -0.385. The van der Waals surface area contributed by atoms with Gasteiger partial charge in [-0.2, -0.15) is 0 Å². The average Bonchev–Trinajstić information content (AvgIpc) is 2.99. The Morgan fingerprint density at radius 3 is 2.45 bits per heavy atom. The molecule has 0 spiro atoms. The predicted octanol–water partition coefficient (Wildman–Crippen LogP) is 4.26. The predicted molar refractivity (Wildman–Crippen MR) is 161 cm³/mol. The van der Waals surface area contributed by atoms with Crippen LogP contribution in [0.4, 0.5) is 16.2 Å². The molecule has 3 atom stereocenters. The molecule has 1 aliphatic rings. The van der Waals surface area contributed by atoms with Gasteiger partial charge in [0, 0.05) is 25.2 Å². The van der Waals surface area contributed by atoms with Crippen LogP contribution in [0, 0.1) is 5.92 Å². The summed E-state index contributed by atoms with van der Waals surface area (Å²) in [5.41, 5.74) is 2.10. The Balaban J connectivity index is 1.60. The number of nitrogens with zero attached hydrogens (tertiary/aromatic N) is 2. The Hall–Kier alpha value is -4.57. The summed E-state index contributed by atoms with van der Waals surface area (Å²) in [4.78, 5) is 42.9. The molecule has 0 radical (unpaired) electrons. The van der Waals surface area contributed by atoms with Crippen molar-refractivity contribution in [1.82, 2.24) is 9.80 Å². The SMILES string of the molecule is COc1ccc(NC(=O)N(C)C[C@H]2Oc3c(NC(=O)Cc4ccccc4)cccc3C(=O)N([C@H](C)CO)C[C@@H]2C)cc1. The third-order valence-corrected chi connectivity index (χ3v) is 7.31. The van der Waals surface area contributed by atoms with Crippen molar-refractivity contribution >= 4 is 29.2 Å². The molecule has 42 heavy (non-hydrogen) atoms. The van der Waals surface area contributed by atoms with Crippen LogP contribution in [0.15, 0.2) is 72.8 Å². The van der Waals surface area contributed by atoms with Gasteiger partial charge in [-0.25, -0.2) is 4.79 Å². The van der Waals surface area contributed by atoms with Crippen LogP contribution in [0.3, 0.4) is 0 Å². The minimum absolute atomic E-state index is 0.153. The molecule has 3 aromatic rings. The summed E-state index contributed by atoms with van der Waals surface area (Å²) in [6.45, 7) is 4.01. The van der Waals surface area contributed by atoms with E-state index in [1.54, 1.807) is 68.4 Å². The van der Waals surface area contributed by atoms with Crippen LogP contribution in [-0.4, -0.2) is 78.8 Å². The smallest absolute Gasteiger partial charge is 0.321 e. The van der Waals surface area contributed by atoms with E-state index in [1.165, 1.54) is 4.90 Å². The highest BCUT2D eigenvalue weighted by Gasteiger charge is 2.35. The first-order valence-electron chi connectivity index (χ1n) is 13.9. The largest absolute Gasteiger partial charge is 0.497 e. The van der Waals surface area contributed by atoms with Gasteiger partial charge in [0.05, 0.1) is 44.0 Å². The summed E-state index contributed by atoms with van der Waals surface area (Å²) in [5, 5.41) is 15.7. The van der Waals surface area contributed by atoms with Crippen molar-refractivity contribution in [3.05, 3.63) is 83.9 Å². The molecule has 0 aromatic heterocycles. The molecule has 10 nitrogen and oxygen atoms in total. The van der Waals surface area contributed by atoms with E-state index >= 15 is 0 Å². The third-order valence-electron chi connectivity index (χ3n) is 7.31. The molecule has 1 heterocycles. The number of rotatable bonds is 9. The number of carbonyl (C=O) groups is 3. The lowest BCUT2D eigenvalue weighted by Gasteiger charge is -2.38. The molecule has 0 bridgehead atoms. The van der Waals surface area contributed by atoms with Crippen LogP contribution in [0.1, 0.15) is 29.8 Å². The number of methoxy groups -OCH3 is 1. The highest BCUT2D eigenvalue weighted by atomic mass is 16.5. The zero-order valence-electron chi connectivity index (χ0n) is 24.4. The fourth-order valence-electron chi connectivity index (χ4n) is 4.78. The second-order valence-corrected chi connectivity index (χ2v) is 10.6. The molecule has 0 aliphatic carbocycles. The number of benzene rings is 3. The first-order chi connectivity index (χ1) is 20.2. The Bertz CT molecular complexity index is 1380. The van der Waals surface area contributed by atoms with Crippen LogP contribution >= 0.6 is 0 Å². The van der Waals surface area contributed by atoms with Gasteiger partial charge in [-0.3, -0.25) is 9.59 Å². The van der Waals surface area contributed by atoms with Gasteiger partial charge in [-0.15, -0.1) is 0 Å². The zero-order chi connectivity index (χ0) is 30.2. The van der Waals surface area contributed by atoms with Crippen molar-refractivity contribution in [3.8, 4) is 11.5 Å². The molecule has 0 saturated heterocycles. The van der Waals surface area contributed by atoms with Crippen molar-refractivity contribution in [2.24, 2.45) is 5.92 Å². The summed E-state index contributed by atoms with van der Waals surface area (Å²) in [5.74, 6) is 0.134. The molecular formula is C32H38N4O6. The fraction of sp³-hybridized carbons (Fsp3) is 0.344. The van der Waals surface area contributed by atoms with Crippen LogP contribution in [0.2, 0.25) is 0 Å². The Morgan fingerprint density at radius 2 is 1.79 bits per heavy atom. The summed E-state index contributed by atoms with van der Waals surface area (Å²) < 4.78 is 11.7. The van der Waals surface area contributed by atoms with Gasteiger partial charge < -0.3 is 35.0 Å². The van der Waals surface area contributed by atoms with Crippen molar-refractivity contribution in [3.63, 3.8) is 0 Å². The Morgan fingerprint density at radius 1 is 1.07 bits per heavy atom. The zero-order valence-corrected chi connectivity index (χ0v) is 24.4. The number of para-hydroxylation sites is 1. The number of amides is 4. The van der Waals surface area contributed by atoms with Crippen LogP contribution in [0.25, 0.3) is 0 Å². The summed E-state index contributed by atoms with van der Waals surface area (Å²) in [6, 6.07) is 20.6. The first-order valence-corrected chi connectivity index (χ1v) is 13.9. The Kier molecular flexibility index (Phi) is 10.0. The number of anilines is 2. The molecule has 1 aliphatic heterocycles. The first kappa shape index (κ1) is 30.4. The van der Waals surface area contributed by atoms with E-state index in [2.05, 4.69) is 10.6 Å². The molecule has 222 valence electrons. The van der Waals surface area contributed by atoms with E-state index in [-0.39, 0.29) is 54.6 Å².